The largest absolute Gasteiger partial charge is 0.497 e. The fraction of sp³-hybridized carbons (Fsp3) is 0.190. The van der Waals surface area contributed by atoms with Crippen LogP contribution in [0.4, 0.5) is 0 Å². The molecule has 0 radical (unpaired) electrons. The number of ether oxygens (including phenoxy) is 2. The second-order valence-electron chi connectivity index (χ2n) is 6.67. The third kappa shape index (κ3) is 3.06. The summed E-state index contributed by atoms with van der Waals surface area (Å²) in [7, 11) is 1.67. The van der Waals surface area contributed by atoms with Crippen molar-refractivity contribution in [2.24, 2.45) is 5.10 Å². The first-order valence-electron chi connectivity index (χ1n) is 8.83. The molecule has 0 fully saturated rings. The maximum absolute atomic E-state index is 6.47. The number of benzene rings is 2. The Bertz CT molecular complexity index is 1050. The Morgan fingerprint density at radius 2 is 2.00 bits per heavy atom. The summed E-state index contributed by atoms with van der Waals surface area (Å²) in [5.41, 5.74) is 3.29. The summed E-state index contributed by atoms with van der Waals surface area (Å²) in [6, 6.07) is 16.5. The van der Waals surface area contributed by atoms with Gasteiger partial charge in [0.25, 0.3) is 0 Å². The Hall–Kier alpha value is -1.83. The normalized spacial score (nSPS) is 20.2. The highest BCUT2D eigenvalue weighted by Crippen LogP contribution is 2.51. The predicted octanol–water partition coefficient (Wildman–Crippen LogP) is 6.52. The standard InChI is InChI=1S/C21H16Br2N2O2S/c1-26-14-6-4-12(5-7-14)21-25-18(11-17(24-25)19-3-2-8-28-19)15-9-13(22)10-16(23)20(15)27-21/h2-10,18,21H,11H2,1H3/t18-,21+/m1/s1. The van der Waals surface area contributed by atoms with Gasteiger partial charge in [0.05, 0.1) is 28.2 Å². The first-order valence-corrected chi connectivity index (χ1v) is 11.3. The van der Waals surface area contributed by atoms with Crippen molar-refractivity contribution < 1.29 is 9.47 Å². The summed E-state index contributed by atoms with van der Waals surface area (Å²) in [5.74, 6) is 1.71. The zero-order chi connectivity index (χ0) is 19.3. The zero-order valence-corrected chi connectivity index (χ0v) is 18.9. The summed E-state index contributed by atoms with van der Waals surface area (Å²) in [6.07, 6.45) is 0.560. The first kappa shape index (κ1) is 18.2. The monoisotopic (exact) mass is 518 g/mol. The summed E-state index contributed by atoms with van der Waals surface area (Å²) >= 11 is 9.01. The van der Waals surface area contributed by atoms with Crippen molar-refractivity contribution in [2.75, 3.05) is 7.11 Å². The molecule has 0 unspecified atom stereocenters. The van der Waals surface area contributed by atoms with Crippen molar-refractivity contribution in [1.82, 2.24) is 5.01 Å². The van der Waals surface area contributed by atoms with Crippen LogP contribution in [0, 0.1) is 0 Å². The lowest BCUT2D eigenvalue weighted by Crippen LogP contribution is -2.33. The molecule has 0 spiro atoms. The molecular formula is C21H16Br2N2O2S. The molecule has 0 bridgehead atoms. The van der Waals surface area contributed by atoms with Crippen LogP contribution in [0.3, 0.4) is 0 Å². The van der Waals surface area contributed by atoms with E-state index >= 15 is 0 Å². The lowest BCUT2D eigenvalue weighted by molar-refractivity contribution is -0.0197. The third-order valence-corrected chi connectivity index (χ3v) is 6.98. The summed E-state index contributed by atoms with van der Waals surface area (Å²) in [6.45, 7) is 0. The second-order valence-corrected chi connectivity index (χ2v) is 9.39. The number of hydrogen-bond acceptors (Lipinski definition) is 5. The molecule has 3 heterocycles. The molecule has 28 heavy (non-hydrogen) atoms. The van der Waals surface area contributed by atoms with E-state index in [0.717, 1.165) is 43.7 Å². The average Bonchev–Trinajstić information content (AvgIpc) is 3.37. The molecule has 0 saturated heterocycles. The number of fused-ring (bicyclic) bond motifs is 3. The number of thiophene rings is 1. The summed E-state index contributed by atoms with van der Waals surface area (Å²) < 4.78 is 13.7. The summed E-state index contributed by atoms with van der Waals surface area (Å²) in [5, 5.41) is 9.17. The van der Waals surface area contributed by atoms with Gasteiger partial charge in [-0.2, -0.15) is 5.10 Å². The maximum atomic E-state index is 6.47. The van der Waals surface area contributed by atoms with E-state index in [-0.39, 0.29) is 12.3 Å². The van der Waals surface area contributed by atoms with Gasteiger partial charge in [0.1, 0.15) is 11.5 Å². The van der Waals surface area contributed by atoms with Crippen molar-refractivity contribution in [1.29, 1.82) is 0 Å². The number of hydrogen-bond donors (Lipinski definition) is 0. The molecule has 5 rings (SSSR count). The van der Waals surface area contributed by atoms with Crippen LogP contribution in [0.15, 0.2) is 68.0 Å². The van der Waals surface area contributed by atoms with Crippen LogP contribution in [0.2, 0.25) is 0 Å². The highest BCUT2D eigenvalue weighted by Gasteiger charge is 2.42. The zero-order valence-electron chi connectivity index (χ0n) is 14.9. The lowest BCUT2D eigenvalue weighted by atomic mass is 9.97. The van der Waals surface area contributed by atoms with Gasteiger partial charge in [-0.25, -0.2) is 5.01 Å². The van der Waals surface area contributed by atoms with E-state index < -0.39 is 0 Å². The number of rotatable bonds is 3. The van der Waals surface area contributed by atoms with Gasteiger partial charge in [-0.05, 0) is 63.8 Å². The predicted molar refractivity (Wildman–Crippen MR) is 118 cm³/mol. The molecule has 2 aromatic carbocycles. The summed E-state index contributed by atoms with van der Waals surface area (Å²) in [4.78, 5) is 1.21. The van der Waals surface area contributed by atoms with Crippen LogP contribution in [0.1, 0.15) is 34.7 Å². The van der Waals surface area contributed by atoms with Crippen LogP contribution in [0.25, 0.3) is 0 Å². The molecule has 1 aromatic heterocycles. The molecule has 2 aliphatic heterocycles. The van der Waals surface area contributed by atoms with Gasteiger partial charge in [-0.1, -0.05) is 22.0 Å². The molecule has 2 aliphatic rings. The highest BCUT2D eigenvalue weighted by molar-refractivity contribution is 9.11. The Morgan fingerprint density at radius 1 is 1.18 bits per heavy atom. The van der Waals surface area contributed by atoms with Crippen molar-refractivity contribution >= 4 is 48.9 Å². The van der Waals surface area contributed by atoms with E-state index in [4.69, 9.17) is 14.6 Å². The molecule has 0 aliphatic carbocycles. The van der Waals surface area contributed by atoms with E-state index in [0.29, 0.717) is 0 Å². The van der Waals surface area contributed by atoms with E-state index in [1.165, 1.54) is 4.88 Å². The minimum atomic E-state index is -0.293. The SMILES string of the molecule is COc1ccc([C@@H]2Oc3c(Br)cc(Br)cc3[C@H]3CC(c4cccs4)=NN32)cc1. The molecule has 0 N–H and O–H groups in total. The van der Waals surface area contributed by atoms with Gasteiger partial charge >= 0.3 is 0 Å². The Morgan fingerprint density at radius 3 is 2.71 bits per heavy atom. The number of methoxy groups -OCH3 is 1. The molecule has 7 heteroatoms. The Labute approximate surface area is 184 Å². The van der Waals surface area contributed by atoms with Gasteiger partial charge in [0.2, 0.25) is 6.23 Å². The fourth-order valence-corrected chi connectivity index (χ4v) is 5.77. The van der Waals surface area contributed by atoms with Crippen LogP contribution in [-0.2, 0) is 0 Å². The first-order chi connectivity index (χ1) is 13.6. The third-order valence-electron chi connectivity index (χ3n) is 5.01. The Kier molecular flexibility index (Phi) is 4.69. The number of halogens is 2. The van der Waals surface area contributed by atoms with E-state index in [2.05, 4.69) is 60.4 Å². The van der Waals surface area contributed by atoms with Crippen LogP contribution in [0.5, 0.6) is 11.5 Å². The van der Waals surface area contributed by atoms with Crippen LogP contribution in [-0.4, -0.2) is 17.8 Å². The van der Waals surface area contributed by atoms with Crippen LogP contribution >= 0.6 is 43.2 Å². The minimum absolute atomic E-state index is 0.127. The smallest absolute Gasteiger partial charge is 0.213 e. The van der Waals surface area contributed by atoms with Gasteiger partial charge < -0.3 is 9.47 Å². The van der Waals surface area contributed by atoms with Crippen molar-refractivity contribution in [3.05, 3.63) is 78.9 Å². The molecule has 142 valence electrons. The quantitative estimate of drug-likeness (QED) is 0.394. The molecule has 0 amide bonds. The second kappa shape index (κ2) is 7.21. The highest BCUT2D eigenvalue weighted by atomic mass is 79.9. The topological polar surface area (TPSA) is 34.1 Å². The van der Waals surface area contributed by atoms with Gasteiger partial charge in [0.15, 0.2) is 0 Å². The fourth-order valence-electron chi connectivity index (χ4n) is 3.69. The molecule has 0 saturated carbocycles. The maximum Gasteiger partial charge on any atom is 0.213 e. The van der Waals surface area contributed by atoms with Crippen LogP contribution < -0.4 is 9.47 Å². The number of nitrogens with zero attached hydrogens (tertiary/aromatic N) is 2. The lowest BCUT2D eigenvalue weighted by Gasteiger charge is -2.38. The van der Waals surface area contributed by atoms with E-state index in [1.54, 1.807) is 18.4 Å². The van der Waals surface area contributed by atoms with Crippen molar-refractivity contribution in [2.45, 2.75) is 18.7 Å². The van der Waals surface area contributed by atoms with E-state index in [9.17, 15) is 0 Å². The van der Waals surface area contributed by atoms with Gasteiger partial charge in [-0.3, -0.25) is 0 Å². The Balaban J connectivity index is 1.62. The minimum Gasteiger partial charge on any atom is -0.497 e. The molecule has 4 nitrogen and oxygen atoms in total. The van der Waals surface area contributed by atoms with Crippen molar-refractivity contribution in [3.8, 4) is 11.5 Å². The van der Waals surface area contributed by atoms with Crippen molar-refractivity contribution in [3.63, 3.8) is 0 Å². The van der Waals surface area contributed by atoms with Gasteiger partial charge in [0, 0.05) is 22.0 Å². The molecule has 2 atom stereocenters. The molecular weight excluding hydrogens is 504 g/mol. The number of hydrazone groups is 1. The van der Waals surface area contributed by atoms with E-state index in [1.807, 2.05) is 30.3 Å². The average molecular weight is 520 g/mol. The van der Waals surface area contributed by atoms with Gasteiger partial charge in [-0.15, -0.1) is 11.3 Å². The molecule has 3 aromatic rings.